The number of rotatable bonds is 2. The number of benzene rings is 1. The molecule has 5 nitrogen and oxygen atoms in total. The highest BCUT2D eigenvalue weighted by Gasteiger charge is 2.16. The van der Waals surface area contributed by atoms with Crippen LogP contribution in [-0.2, 0) is 0 Å². The molecule has 78 valence electrons. The summed E-state index contributed by atoms with van der Waals surface area (Å²) in [4.78, 5) is 10.7. The van der Waals surface area contributed by atoms with Crippen LogP contribution in [0, 0.1) is 5.82 Å². The number of nitrogens with one attached hydrogen (secondary N) is 1. The van der Waals surface area contributed by atoms with E-state index in [1.54, 1.807) is 6.07 Å². The molecule has 2 aromatic rings. The van der Waals surface area contributed by atoms with Gasteiger partial charge in [-0.1, -0.05) is 6.07 Å². The van der Waals surface area contributed by atoms with E-state index < -0.39 is 11.6 Å². The van der Waals surface area contributed by atoms with E-state index in [0.717, 1.165) is 0 Å². The van der Waals surface area contributed by atoms with E-state index in [1.165, 1.54) is 19.2 Å². The van der Waals surface area contributed by atoms with Crippen molar-refractivity contribution in [2.75, 3.05) is 7.11 Å². The first-order valence-electron chi connectivity index (χ1n) is 4.10. The van der Waals surface area contributed by atoms with Gasteiger partial charge >= 0.3 is 5.76 Å². The van der Waals surface area contributed by atoms with Gasteiger partial charge in [0.15, 0.2) is 0 Å². The van der Waals surface area contributed by atoms with Crippen LogP contribution in [0.4, 0.5) is 4.39 Å². The predicted octanol–water partition coefficient (Wildman–Crippen LogP) is 1.18. The van der Waals surface area contributed by atoms with Gasteiger partial charge in [0.05, 0.1) is 7.11 Å². The molecule has 2 rings (SSSR count). The van der Waals surface area contributed by atoms with Crippen LogP contribution in [0.25, 0.3) is 11.5 Å². The molecule has 0 unspecified atom stereocenters. The van der Waals surface area contributed by atoms with Gasteiger partial charge in [-0.3, -0.25) is 0 Å². The molecule has 0 saturated carbocycles. The lowest BCUT2D eigenvalue weighted by Crippen LogP contribution is -1.94. The largest absolute Gasteiger partial charge is 0.496 e. The zero-order valence-corrected chi connectivity index (χ0v) is 7.78. The minimum absolute atomic E-state index is 0.0263. The van der Waals surface area contributed by atoms with Gasteiger partial charge in [0, 0.05) is 0 Å². The van der Waals surface area contributed by atoms with E-state index >= 15 is 0 Å². The van der Waals surface area contributed by atoms with Crippen molar-refractivity contribution in [2.24, 2.45) is 0 Å². The third kappa shape index (κ3) is 1.61. The SMILES string of the molecule is COc1cccc(F)c1-c1n[nH]c(=O)o1. The molecule has 0 aliphatic heterocycles. The summed E-state index contributed by atoms with van der Waals surface area (Å²) in [6.07, 6.45) is 0. The molecule has 0 saturated heterocycles. The van der Waals surface area contributed by atoms with Crippen LogP contribution in [0.1, 0.15) is 0 Å². The quantitative estimate of drug-likeness (QED) is 0.808. The number of aromatic nitrogens is 2. The Hall–Kier alpha value is -2.11. The fourth-order valence-corrected chi connectivity index (χ4v) is 1.22. The van der Waals surface area contributed by atoms with Gasteiger partial charge in [-0.05, 0) is 12.1 Å². The van der Waals surface area contributed by atoms with Gasteiger partial charge in [-0.2, -0.15) is 0 Å². The lowest BCUT2D eigenvalue weighted by Gasteiger charge is -2.04. The molecule has 6 heteroatoms. The number of H-pyrrole nitrogens is 1. The number of hydrogen-bond acceptors (Lipinski definition) is 4. The third-order valence-corrected chi connectivity index (χ3v) is 1.85. The molecule has 0 amide bonds. The lowest BCUT2D eigenvalue weighted by atomic mass is 10.2. The van der Waals surface area contributed by atoms with Crippen molar-refractivity contribution in [2.45, 2.75) is 0 Å². The normalized spacial score (nSPS) is 10.3. The number of aromatic amines is 1. The Bertz CT molecular complexity index is 532. The highest BCUT2D eigenvalue weighted by atomic mass is 19.1. The van der Waals surface area contributed by atoms with Crippen molar-refractivity contribution in [3.8, 4) is 17.2 Å². The van der Waals surface area contributed by atoms with Crippen LogP contribution in [0.3, 0.4) is 0 Å². The number of ether oxygens (including phenoxy) is 1. The van der Waals surface area contributed by atoms with Crippen molar-refractivity contribution in [1.82, 2.24) is 10.2 Å². The Kier molecular flexibility index (Phi) is 2.24. The Labute approximate surface area is 83.5 Å². The molecule has 0 aliphatic carbocycles. The highest BCUT2D eigenvalue weighted by Crippen LogP contribution is 2.29. The third-order valence-electron chi connectivity index (χ3n) is 1.85. The van der Waals surface area contributed by atoms with Crippen molar-refractivity contribution < 1.29 is 13.5 Å². The molecule has 1 aromatic carbocycles. The Morgan fingerprint density at radius 1 is 1.53 bits per heavy atom. The van der Waals surface area contributed by atoms with Gasteiger partial charge in [-0.25, -0.2) is 14.3 Å². The first-order valence-corrected chi connectivity index (χ1v) is 4.10. The van der Waals surface area contributed by atoms with E-state index in [4.69, 9.17) is 4.74 Å². The first kappa shape index (κ1) is 9.45. The lowest BCUT2D eigenvalue weighted by molar-refractivity contribution is 0.410. The number of halogens is 1. The topological polar surface area (TPSA) is 68.1 Å². The molecule has 0 bridgehead atoms. The molecule has 0 fully saturated rings. The van der Waals surface area contributed by atoms with Crippen LogP contribution in [0.2, 0.25) is 0 Å². The minimum atomic E-state index is -0.740. The number of nitrogens with zero attached hydrogens (tertiary/aromatic N) is 1. The average molecular weight is 210 g/mol. The molecule has 0 spiro atoms. The standard InChI is InChI=1S/C9H7FN2O3/c1-14-6-4-2-3-5(10)7(6)8-11-12-9(13)15-8/h2-4H,1H3,(H,12,13). The Morgan fingerprint density at radius 3 is 2.93 bits per heavy atom. The van der Waals surface area contributed by atoms with Gasteiger partial charge < -0.3 is 9.15 Å². The first-order chi connectivity index (χ1) is 7.22. The zero-order chi connectivity index (χ0) is 10.8. The second-order valence-corrected chi connectivity index (χ2v) is 2.74. The van der Waals surface area contributed by atoms with Crippen LogP contribution < -0.4 is 10.5 Å². The molecule has 0 aliphatic rings. The summed E-state index contributed by atoms with van der Waals surface area (Å²) in [5.41, 5.74) is 0.0263. The summed E-state index contributed by atoms with van der Waals surface area (Å²) in [5, 5.41) is 5.58. The Balaban J connectivity index is 2.65. The van der Waals surface area contributed by atoms with Crippen LogP contribution in [0.5, 0.6) is 5.75 Å². The zero-order valence-electron chi connectivity index (χ0n) is 7.78. The fraction of sp³-hybridized carbons (Fsp3) is 0.111. The van der Waals surface area contributed by atoms with Crippen molar-refractivity contribution >= 4 is 0 Å². The van der Waals surface area contributed by atoms with E-state index in [1.807, 2.05) is 0 Å². The molecule has 0 radical (unpaired) electrons. The molecule has 1 N–H and O–H groups in total. The summed E-state index contributed by atoms with van der Waals surface area (Å²) < 4.78 is 23.0. The Morgan fingerprint density at radius 2 is 2.33 bits per heavy atom. The van der Waals surface area contributed by atoms with Gasteiger partial charge in [0.1, 0.15) is 17.1 Å². The number of methoxy groups -OCH3 is 1. The fourth-order valence-electron chi connectivity index (χ4n) is 1.22. The second kappa shape index (κ2) is 3.56. The summed E-state index contributed by atoms with van der Waals surface area (Å²) >= 11 is 0. The summed E-state index contributed by atoms with van der Waals surface area (Å²) in [7, 11) is 1.39. The molecule has 0 atom stereocenters. The summed E-state index contributed by atoms with van der Waals surface area (Å²) in [5.74, 6) is -1.18. The molecule has 15 heavy (non-hydrogen) atoms. The van der Waals surface area contributed by atoms with Crippen LogP contribution in [0.15, 0.2) is 27.4 Å². The van der Waals surface area contributed by atoms with Gasteiger partial charge in [0.2, 0.25) is 0 Å². The van der Waals surface area contributed by atoms with Gasteiger partial charge in [-0.15, -0.1) is 5.10 Å². The molecule has 1 aromatic heterocycles. The molecular weight excluding hydrogens is 203 g/mol. The highest BCUT2D eigenvalue weighted by molar-refractivity contribution is 5.62. The smallest absolute Gasteiger partial charge is 0.434 e. The van der Waals surface area contributed by atoms with E-state index in [-0.39, 0.29) is 17.2 Å². The second-order valence-electron chi connectivity index (χ2n) is 2.74. The van der Waals surface area contributed by atoms with E-state index in [0.29, 0.717) is 0 Å². The van der Waals surface area contributed by atoms with Crippen LogP contribution >= 0.6 is 0 Å². The van der Waals surface area contributed by atoms with Crippen molar-refractivity contribution in [3.63, 3.8) is 0 Å². The van der Waals surface area contributed by atoms with Gasteiger partial charge in [0.25, 0.3) is 5.89 Å². The minimum Gasteiger partial charge on any atom is -0.496 e. The monoisotopic (exact) mass is 210 g/mol. The van der Waals surface area contributed by atoms with Crippen molar-refractivity contribution in [3.05, 3.63) is 34.6 Å². The molecular formula is C9H7FN2O3. The van der Waals surface area contributed by atoms with E-state index in [9.17, 15) is 9.18 Å². The van der Waals surface area contributed by atoms with Crippen LogP contribution in [-0.4, -0.2) is 17.3 Å². The summed E-state index contributed by atoms with van der Waals surface area (Å²) in [6.45, 7) is 0. The maximum Gasteiger partial charge on any atom is 0.434 e. The van der Waals surface area contributed by atoms with E-state index in [2.05, 4.69) is 14.6 Å². The predicted molar refractivity (Wildman–Crippen MR) is 49.1 cm³/mol. The summed E-state index contributed by atoms with van der Waals surface area (Å²) in [6, 6.07) is 4.27. The maximum absolute atomic E-state index is 13.4. The number of hydrogen-bond donors (Lipinski definition) is 1. The maximum atomic E-state index is 13.4. The molecule has 1 heterocycles. The average Bonchev–Trinajstić information content (AvgIpc) is 2.64. The van der Waals surface area contributed by atoms with Crippen molar-refractivity contribution in [1.29, 1.82) is 0 Å².